The number of carbonyl (C=O) groups is 3. The van der Waals surface area contributed by atoms with Crippen LogP contribution in [0.25, 0.3) is 0 Å². The number of likely N-dealkylation sites (N-methyl/N-ethyl adjacent to an activating group) is 1. The zero-order valence-electron chi connectivity index (χ0n) is 14.5. The first-order valence-electron chi connectivity index (χ1n) is 7.61. The third-order valence-electron chi connectivity index (χ3n) is 3.35. The first kappa shape index (κ1) is 20.6. The van der Waals surface area contributed by atoms with Crippen LogP contribution in [0.4, 0.5) is 0 Å². The number of carbonyl (C=O) groups excluding carboxylic acids is 3. The molecule has 1 rings (SSSR count). The largest absolute Gasteiger partial charge is 0.347 e. The van der Waals surface area contributed by atoms with Gasteiger partial charge in [0.05, 0.1) is 12.3 Å². The molecule has 0 aromatic heterocycles. The third-order valence-corrected chi connectivity index (χ3v) is 4.33. The van der Waals surface area contributed by atoms with E-state index in [0.717, 1.165) is 6.26 Å². The SMILES string of the molecule is CN(C)C(=O)CNC(=O)[C@@H](CCS(C)(=O)=O)NC(=O)c1ccccc1. The second kappa shape index (κ2) is 9.16. The molecule has 1 aromatic carbocycles. The van der Waals surface area contributed by atoms with E-state index in [1.54, 1.807) is 44.4 Å². The minimum absolute atomic E-state index is 0.0839. The maximum atomic E-state index is 12.3. The number of amides is 3. The average Bonchev–Trinajstić information content (AvgIpc) is 2.55. The van der Waals surface area contributed by atoms with Crippen molar-refractivity contribution in [2.75, 3.05) is 32.6 Å². The summed E-state index contributed by atoms with van der Waals surface area (Å²) in [6.45, 7) is -0.234. The van der Waals surface area contributed by atoms with E-state index in [4.69, 9.17) is 0 Å². The number of benzene rings is 1. The van der Waals surface area contributed by atoms with Gasteiger partial charge in [0.15, 0.2) is 0 Å². The van der Waals surface area contributed by atoms with Gasteiger partial charge in [-0.25, -0.2) is 8.42 Å². The number of nitrogens with zero attached hydrogens (tertiary/aromatic N) is 1. The maximum absolute atomic E-state index is 12.3. The minimum atomic E-state index is -3.30. The number of nitrogens with one attached hydrogen (secondary N) is 2. The Bertz CT molecular complexity index is 717. The minimum Gasteiger partial charge on any atom is -0.347 e. The van der Waals surface area contributed by atoms with Crippen molar-refractivity contribution >= 4 is 27.6 Å². The molecule has 8 nitrogen and oxygen atoms in total. The Morgan fingerprint density at radius 3 is 2.24 bits per heavy atom. The van der Waals surface area contributed by atoms with Crippen molar-refractivity contribution in [2.24, 2.45) is 0 Å². The summed E-state index contributed by atoms with van der Waals surface area (Å²) < 4.78 is 22.7. The maximum Gasteiger partial charge on any atom is 0.251 e. The van der Waals surface area contributed by atoms with Gasteiger partial charge in [0.25, 0.3) is 5.91 Å². The molecule has 1 atom stereocenters. The van der Waals surface area contributed by atoms with Crippen LogP contribution in [0.2, 0.25) is 0 Å². The van der Waals surface area contributed by atoms with Crippen molar-refractivity contribution in [3.8, 4) is 0 Å². The summed E-state index contributed by atoms with van der Waals surface area (Å²) in [6.07, 6.45) is 0.968. The molecular formula is C16H23N3O5S. The van der Waals surface area contributed by atoms with Crippen LogP contribution >= 0.6 is 0 Å². The molecule has 0 aliphatic rings. The van der Waals surface area contributed by atoms with Gasteiger partial charge >= 0.3 is 0 Å². The molecule has 2 N–H and O–H groups in total. The van der Waals surface area contributed by atoms with E-state index in [2.05, 4.69) is 10.6 Å². The smallest absolute Gasteiger partial charge is 0.251 e. The molecular weight excluding hydrogens is 346 g/mol. The quantitative estimate of drug-likeness (QED) is 0.637. The molecule has 0 saturated carbocycles. The Balaban J connectivity index is 2.79. The lowest BCUT2D eigenvalue weighted by Crippen LogP contribution is -2.49. The number of sulfone groups is 1. The molecule has 0 fully saturated rings. The summed E-state index contributed by atoms with van der Waals surface area (Å²) >= 11 is 0. The highest BCUT2D eigenvalue weighted by atomic mass is 32.2. The normalized spacial score (nSPS) is 12.1. The highest BCUT2D eigenvalue weighted by Crippen LogP contribution is 2.02. The topological polar surface area (TPSA) is 113 Å². The lowest BCUT2D eigenvalue weighted by Gasteiger charge is -2.19. The first-order valence-corrected chi connectivity index (χ1v) is 9.67. The summed E-state index contributed by atoms with van der Waals surface area (Å²) in [4.78, 5) is 37.3. The molecule has 0 aliphatic carbocycles. The van der Waals surface area contributed by atoms with Crippen molar-refractivity contribution < 1.29 is 22.8 Å². The Morgan fingerprint density at radius 1 is 1.12 bits per heavy atom. The van der Waals surface area contributed by atoms with Crippen molar-refractivity contribution in [3.63, 3.8) is 0 Å². The predicted octanol–water partition coefficient (Wildman–Crippen LogP) is -0.576. The molecule has 3 amide bonds. The monoisotopic (exact) mass is 369 g/mol. The Kier molecular flexibility index (Phi) is 7.56. The second-order valence-electron chi connectivity index (χ2n) is 5.82. The zero-order valence-corrected chi connectivity index (χ0v) is 15.3. The lowest BCUT2D eigenvalue weighted by molar-refractivity contribution is -0.131. The third kappa shape index (κ3) is 7.79. The Morgan fingerprint density at radius 2 is 1.72 bits per heavy atom. The van der Waals surface area contributed by atoms with Crippen LogP contribution in [-0.4, -0.2) is 69.7 Å². The van der Waals surface area contributed by atoms with Crippen LogP contribution in [0.3, 0.4) is 0 Å². The van der Waals surface area contributed by atoms with Gasteiger partial charge in [0.1, 0.15) is 15.9 Å². The Hall–Kier alpha value is -2.42. The van der Waals surface area contributed by atoms with Crippen LogP contribution < -0.4 is 10.6 Å². The van der Waals surface area contributed by atoms with E-state index >= 15 is 0 Å². The van der Waals surface area contributed by atoms with Crippen molar-refractivity contribution in [2.45, 2.75) is 12.5 Å². The van der Waals surface area contributed by atoms with Gasteiger partial charge in [-0.05, 0) is 18.6 Å². The van der Waals surface area contributed by atoms with E-state index in [0.29, 0.717) is 5.56 Å². The van der Waals surface area contributed by atoms with Crippen LogP contribution in [0.5, 0.6) is 0 Å². The number of hydrogen-bond acceptors (Lipinski definition) is 5. The fraction of sp³-hybridized carbons (Fsp3) is 0.438. The Labute approximate surface area is 147 Å². The second-order valence-corrected chi connectivity index (χ2v) is 8.08. The van der Waals surface area contributed by atoms with Crippen molar-refractivity contribution in [1.82, 2.24) is 15.5 Å². The van der Waals surface area contributed by atoms with Crippen LogP contribution in [0.15, 0.2) is 30.3 Å². The van der Waals surface area contributed by atoms with Gasteiger partial charge in [0, 0.05) is 25.9 Å². The predicted molar refractivity (Wildman–Crippen MR) is 93.7 cm³/mol. The lowest BCUT2D eigenvalue weighted by atomic mass is 10.1. The molecule has 0 heterocycles. The standard InChI is InChI=1S/C16H23N3O5S/c1-19(2)14(20)11-17-16(22)13(9-10-25(3,23)24)18-15(21)12-7-5-4-6-8-12/h4-8,13H,9-11H2,1-3H3,(H,17,22)(H,18,21)/t13-/m1/s1. The molecule has 0 bridgehead atoms. The van der Waals surface area contributed by atoms with Gasteiger partial charge in [-0.3, -0.25) is 14.4 Å². The summed E-state index contributed by atoms with van der Waals surface area (Å²) in [5.74, 6) is -1.68. The van der Waals surface area contributed by atoms with Crippen LogP contribution in [-0.2, 0) is 19.4 Å². The molecule has 0 aliphatic heterocycles. The van der Waals surface area contributed by atoms with E-state index in [1.807, 2.05) is 0 Å². The van der Waals surface area contributed by atoms with Gasteiger partial charge in [-0.1, -0.05) is 18.2 Å². The van der Waals surface area contributed by atoms with Gasteiger partial charge in [-0.2, -0.15) is 0 Å². The fourth-order valence-electron chi connectivity index (χ4n) is 1.88. The molecule has 0 spiro atoms. The number of rotatable bonds is 8. The number of hydrogen-bond donors (Lipinski definition) is 2. The summed E-state index contributed by atoms with van der Waals surface area (Å²) in [5, 5.41) is 4.94. The molecule has 9 heteroatoms. The molecule has 1 aromatic rings. The molecule has 0 saturated heterocycles. The van der Waals surface area contributed by atoms with E-state index in [9.17, 15) is 22.8 Å². The first-order chi connectivity index (χ1) is 11.6. The van der Waals surface area contributed by atoms with Crippen molar-refractivity contribution in [1.29, 1.82) is 0 Å². The van der Waals surface area contributed by atoms with Crippen LogP contribution in [0.1, 0.15) is 16.8 Å². The highest BCUT2D eigenvalue weighted by molar-refractivity contribution is 7.90. The summed E-state index contributed by atoms with van der Waals surface area (Å²) in [5.41, 5.74) is 0.351. The molecule has 25 heavy (non-hydrogen) atoms. The van der Waals surface area contributed by atoms with E-state index in [-0.39, 0.29) is 24.6 Å². The fourth-order valence-corrected chi connectivity index (χ4v) is 2.54. The summed E-state index contributed by atoms with van der Waals surface area (Å²) in [6, 6.07) is 7.20. The van der Waals surface area contributed by atoms with Crippen molar-refractivity contribution in [3.05, 3.63) is 35.9 Å². The highest BCUT2D eigenvalue weighted by Gasteiger charge is 2.23. The van der Waals surface area contributed by atoms with Crippen LogP contribution in [0, 0.1) is 0 Å². The van der Waals surface area contributed by atoms with E-state index < -0.39 is 27.7 Å². The summed E-state index contributed by atoms with van der Waals surface area (Å²) in [7, 11) is -0.207. The van der Waals surface area contributed by atoms with Gasteiger partial charge < -0.3 is 15.5 Å². The van der Waals surface area contributed by atoms with Gasteiger partial charge in [-0.15, -0.1) is 0 Å². The van der Waals surface area contributed by atoms with E-state index in [1.165, 1.54) is 4.90 Å². The van der Waals surface area contributed by atoms with Gasteiger partial charge in [0.2, 0.25) is 11.8 Å². The molecule has 0 radical (unpaired) electrons. The average molecular weight is 369 g/mol. The zero-order chi connectivity index (χ0) is 19.0. The molecule has 138 valence electrons. The molecule has 0 unspecified atom stereocenters.